The molecule has 0 saturated heterocycles. The molecule has 0 heterocycles. The first-order valence-corrected chi connectivity index (χ1v) is 5.38. The summed E-state index contributed by atoms with van der Waals surface area (Å²) in [6.07, 6.45) is 5.92. The van der Waals surface area contributed by atoms with Crippen LogP contribution in [0, 0.1) is 5.92 Å². The van der Waals surface area contributed by atoms with Crippen LogP contribution in [0.1, 0.15) is 39.5 Å². The predicted molar refractivity (Wildman–Crippen MR) is 53.8 cm³/mol. The Balaban J connectivity index is 2.27. The highest BCUT2D eigenvalue weighted by atomic mass is 16.5. The van der Waals surface area contributed by atoms with Gasteiger partial charge < -0.3 is 9.47 Å². The summed E-state index contributed by atoms with van der Waals surface area (Å²) in [5, 5.41) is 0. The molecule has 0 aromatic rings. The van der Waals surface area contributed by atoms with E-state index in [1.165, 1.54) is 25.7 Å². The third-order valence-corrected chi connectivity index (χ3v) is 2.79. The second-order valence-corrected chi connectivity index (χ2v) is 4.20. The van der Waals surface area contributed by atoms with Gasteiger partial charge in [-0.25, -0.2) is 0 Å². The van der Waals surface area contributed by atoms with E-state index in [2.05, 4.69) is 13.8 Å². The van der Waals surface area contributed by atoms with Crippen LogP contribution in [-0.2, 0) is 9.47 Å². The molecule has 0 spiro atoms. The molecule has 0 aliphatic heterocycles. The lowest BCUT2D eigenvalue weighted by molar-refractivity contribution is -0.0347. The Bertz CT molecular complexity index is 134. The van der Waals surface area contributed by atoms with Gasteiger partial charge in [-0.1, -0.05) is 12.8 Å². The van der Waals surface area contributed by atoms with Crippen LogP contribution in [0.3, 0.4) is 0 Å². The van der Waals surface area contributed by atoms with Gasteiger partial charge in [0, 0.05) is 13.0 Å². The average Bonchev–Trinajstić information content (AvgIpc) is 2.15. The number of methoxy groups -OCH3 is 1. The zero-order valence-corrected chi connectivity index (χ0v) is 9.08. The molecule has 2 unspecified atom stereocenters. The second kappa shape index (κ2) is 5.61. The Morgan fingerprint density at radius 2 is 1.92 bits per heavy atom. The minimum Gasteiger partial charge on any atom is -0.381 e. The molecule has 2 atom stereocenters. The first-order valence-electron chi connectivity index (χ1n) is 5.38. The van der Waals surface area contributed by atoms with Crippen LogP contribution < -0.4 is 0 Å². The molecule has 1 aliphatic carbocycles. The molecule has 1 saturated carbocycles. The maximum Gasteiger partial charge on any atom is 0.0621 e. The average molecular weight is 186 g/mol. The van der Waals surface area contributed by atoms with Crippen molar-refractivity contribution < 1.29 is 9.47 Å². The van der Waals surface area contributed by atoms with Crippen molar-refractivity contribution in [3.63, 3.8) is 0 Å². The van der Waals surface area contributed by atoms with Crippen molar-refractivity contribution in [3.05, 3.63) is 0 Å². The fourth-order valence-electron chi connectivity index (χ4n) is 1.99. The number of hydrogen-bond acceptors (Lipinski definition) is 2. The molecule has 13 heavy (non-hydrogen) atoms. The molecule has 0 aromatic carbocycles. The first-order chi connectivity index (χ1) is 6.24. The molecule has 1 aliphatic rings. The monoisotopic (exact) mass is 186 g/mol. The fourth-order valence-corrected chi connectivity index (χ4v) is 1.99. The summed E-state index contributed by atoms with van der Waals surface area (Å²) < 4.78 is 11.1. The van der Waals surface area contributed by atoms with Gasteiger partial charge in [-0.15, -0.1) is 0 Å². The Labute approximate surface area is 81.6 Å². The highest BCUT2D eigenvalue weighted by Crippen LogP contribution is 2.26. The molecule has 0 N–H and O–H groups in total. The summed E-state index contributed by atoms with van der Waals surface area (Å²) in [5.74, 6) is 0.626. The summed E-state index contributed by atoms with van der Waals surface area (Å²) in [4.78, 5) is 0. The van der Waals surface area contributed by atoms with Crippen LogP contribution in [-0.4, -0.2) is 25.9 Å². The van der Waals surface area contributed by atoms with Gasteiger partial charge in [0.05, 0.1) is 18.8 Å². The smallest absolute Gasteiger partial charge is 0.0621 e. The second-order valence-electron chi connectivity index (χ2n) is 4.20. The van der Waals surface area contributed by atoms with E-state index in [-0.39, 0.29) is 0 Å². The molecule has 2 nitrogen and oxygen atoms in total. The van der Waals surface area contributed by atoms with Crippen LogP contribution >= 0.6 is 0 Å². The standard InChI is InChI=1S/C11H22O2/c1-9(2)13-8-10-6-4-5-7-11(10)12-3/h9-11H,4-8H2,1-3H3. The minimum atomic E-state index is 0.347. The summed E-state index contributed by atoms with van der Waals surface area (Å²) in [7, 11) is 1.82. The van der Waals surface area contributed by atoms with E-state index in [4.69, 9.17) is 9.47 Å². The molecule has 0 aromatic heterocycles. The van der Waals surface area contributed by atoms with Gasteiger partial charge in [0.25, 0.3) is 0 Å². The summed E-state index contributed by atoms with van der Waals surface area (Å²) in [5.41, 5.74) is 0. The molecule has 0 radical (unpaired) electrons. The third kappa shape index (κ3) is 3.65. The Hall–Kier alpha value is -0.0800. The zero-order chi connectivity index (χ0) is 9.68. The molecular formula is C11H22O2. The first kappa shape index (κ1) is 11.0. The van der Waals surface area contributed by atoms with Crippen molar-refractivity contribution in [1.29, 1.82) is 0 Å². The van der Waals surface area contributed by atoms with Crippen molar-refractivity contribution in [1.82, 2.24) is 0 Å². The summed E-state index contributed by atoms with van der Waals surface area (Å²) >= 11 is 0. The van der Waals surface area contributed by atoms with Gasteiger partial charge in [0.2, 0.25) is 0 Å². The van der Waals surface area contributed by atoms with Crippen LogP contribution in [0.5, 0.6) is 0 Å². The van der Waals surface area contributed by atoms with Crippen LogP contribution in [0.25, 0.3) is 0 Å². The van der Waals surface area contributed by atoms with Gasteiger partial charge in [-0.05, 0) is 26.7 Å². The van der Waals surface area contributed by atoms with E-state index in [1.54, 1.807) is 0 Å². The molecule has 1 fully saturated rings. The van der Waals surface area contributed by atoms with E-state index in [9.17, 15) is 0 Å². The summed E-state index contributed by atoms with van der Waals surface area (Å²) in [6.45, 7) is 5.05. The lowest BCUT2D eigenvalue weighted by atomic mass is 9.87. The van der Waals surface area contributed by atoms with Crippen molar-refractivity contribution in [3.8, 4) is 0 Å². The predicted octanol–water partition coefficient (Wildman–Crippen LogP) is 2.62. The Morgan fingerprint density at radius 3 is 2.54 bits per heavy atom. The largest absolute Gasteiger partial charge is 0.381 e. The SMILES string of the molecule is COC1CCCCC1COC(C)C. The summed E-state index contributed by atoms with van der Waals surface area (Å²) in [6, 6.07) is 0. The highest BCUT2D eigenvalue weighted by molar-refractivity contribution is 4.75. The minimum absolute atomic E-state index is 0.347. The van der Waals surface area contributed by atoms with Crippen molar-refractivity contribution >= 4 is 0 Å². The maximum atomic E-state index is 5.63. The van der Waals surface area contributed by atoms with E-state index < -0.39 is 0 Å². The highest BCUT2D eigenvalue weighted by Gasteiger charge is 2.24. The number of hydrogen-bond donors (Lipinski definition) is 0. The fraction of sp³-hybridized carbons (Fsp3) is 1.00. The van der Waals surface area contributed by atoms with Crippen molar-refractivity contribution in [2.24, 2.45) is 5.92 Å². The van der Waals surface area contributed by atoms with E-state index in [0.29, 0.717) is 18.1 Å². The van der Waals surface area contributed by atoms with E-state index in [1.807, 2.05) is 7.11 Å². The number of ether oxygens (including phenoxy) is 2. The normalized spacial score (nSPS) is 29.5. The number of rotatable bonds is 4. The molecule has 78 valence electrons. The molecule has 1 rings (SSSR count). The molecule has 2 heteroatoms. The van der Waals surface area contributed by atoms with Crippen LogP contribution in [0.2, 0.25) is 0 Å². The third-order valence-electron chi connectivity index (χ3n) is 2.79. The van der Waals surface area contributed by atoms with Gasteiger partial charge in [-0.2, -0.15) is 0 Å². The zero-order valence-electron chi connectivity index (χ0n) is 9.08. The van der Waals surface area contributed by atoms with Crippen molar-refractivity contribution in [2.75, 3.05) is 13.7 Å². The van der Waals surface area contributed by atoms with Crippen LogP contribution in [0.4, 0.5) is 0 Å². The quantitative estimate of drug-likeness (QED) is 0.672. The molecular weight excluding hydrogens is 164 g/mol. The van der Waals surface area contributed by atoms with Gasteiger partial charge in [-0.3, -0.25) is 0 Å². The van der Waals surface area contributed by atoms with Crippen molar-refractivity contribution in [2.45, 2.75) is 51.7 Å². The maximum absolute atomic E-state index is 5.63. The Kier molecular flexibility index (Phi) is 4.74. The topological polar surface area (TPSA) is 18.5 Å². The lowest BCUT2D eigenvalue weighted by Crippen LogP contribution is -2.31. The van der Waals surface area contributed by atoms with E-state index in [0.717, 1.165) is 6.61 Å². The molecule has 0 amide bonds. The Morgan fingerprint density at radius 1 is 1.23 bits per heavy atom. The van der Waals surface area contributed by atoms with Crippen LogP contribution in [0.15, 0.2) is 0 Å². The lowest BCUT2D eigenvalue weighted by Gasteiger charge is -2.30. The van der Waals surface area contributed by atoms with Gasteiger partial charge >= 0.3 is 0 Å². The molecule has 0 bridgehead atoms. The van der Waals surface area contributed by atoms with E-state index >= 15 is 0 Å². The van der Waals surface area contributed by atoms with Gasteiger partial charge in [0.1, 0.15) is 0 Å². The van der Waals surface area contributed by atoms with Gasteiger partial charge in [0.15, 0.2) is 0 Å².